The van der Waals surface area contributed by atoms with Crippen molar-refractivity contribution in [1.29, 1.82) is 0 Å². The number of halogens is 2. The molecule has 0 saturated heterocycles. The van der Waals surface area contributed by atoms with Gasteiger partial charge in [0, 0.05) is 28.7 Å². The summed E-state index contributed by atoms with van der Waals surface area (Å²) in [6.45, 7) is 3.82. The van der Waals surface area contributed by atoms with Crippen LogP contribution in [0.25, 0.3) is 11.1 Å². The van der Waals surface area contributed by atoms with E-state index in [9.17, 15) is 9.18 Å². The number of carbonyl (C=O) groups is 1. The number of rotatable bonds is 5. The minimum atomic E-state index is -0.540. The Morgan fingerprint density at radius 3 is 2.54 bits per heavy atom. The van der Waals surface area contributed by atoms with Gasteiger partial charge in [-0.2, -0.15) is 4.39 Å². The standard InChI is InChI=1S/C22H19BrFNO/c1-14-4-3-5-18(22(14)19-12-21(24)25-13-15(19)2)20(26)11-8-16-6-9-17(23)10-7-16/h3-7,9-10,12-13H,8,11H2,1-2H3. The van der Waals surface area contributed by atoms with Crippen molar-refractivity contribution in [2.75, 3.05) is 0 Å². The molecule has 0 spiro atoms. The Bertz CT molecular complexity index is 951. The smallest absolute Gasteiger partial charge is 0.213 e. The minimum Gasteiger partial charge on any atom is -0.294 e. The van der Waals surface area contributed by atoms with Crippen LogP contribution in [-0.2, 0) is 6.42 Å². The number of aromatic nitrogens is 1. The van der Waals surface area contributed by atoms with Crippen molar-refractivity contribution >= 4 is 21.7 Å². The van der Waals surface area contributed by atoms with Crippen molar-refractivity contribution in [3.8, 4) is 11.1 Å². The van der Waals surface area contributed by atoms with E-state index >= 15 is 0 Å². The zero-order valence-corrected chi connectivity index (χ0v) is 16.3. The predicted octanol–water partition coefficient (Wildman–Crippen LogP) is 6.08. The first kappa shape index (κ1) is 18.5. The molecule has 0 amide bonds. The number of Topliss-reactive ketones (excluding diaryl/α,β-unsaturated/α-hetero) is 1. The third-order valence-electron chi connectivity index (χ3n) is 4.47. The van der Waals surface area contributed by atoms with Crippen molar-refractivity contribution in [3.05, 3.63) is 87.4 Å². The van der Waals surface area contributed by atoms with Crippen LogP contribution in [0.4, 0.5) is 4.39 Å². The summed E-state index contributed by atoms with van der Waals surface area (Å²) in [4.78, 5) is 16.6. The fraction of sp³-hybridized carbons (Fsp3) is 0.182. The molecule has 2 aromatic carbocycles. The monoisotopic (exact) mass is 411 g/mol. The van der Waals surface area contributed by atoms with E-state index in [1.165, 1.54) is 12.3 Å². The number of pyridine rings is 1. The molecule has 0 unspecified atom stereocenters. The van der Waals surface area contributed by atoms with E-state index in [1.807, 2.05) is 56.3 Å². The number of aryl methyl sites for hydroxylation is 3. The second kappa shape index (κ2) is 7.92. The lowest BCUT2D eigenvalue weighted by Crippen LogP contribution is -2.05. The van der Waals surface area contributed by atoms with Gasteiger partial charge in [0.15, 0.2) is 5.78 Å². The van der Waals surface area contributed by atoms with Gasteiger partial charge >= 0.3 is 0 Å². The summed E-state index contributed by atoms with van der Waals surface area (Å²) >= 11 is 3.42. The second-order valence-electron chi connectivity index (χ2n) is 6.37. The van der Waals surface area contributed by atoms with Gasteiger partial charge in [-0.3, -0.25) is 4.79 Å². The quantitative estimate of drug-likeness (QED) is 0.375. The molecule has 0 fully saturated rings. The van der Waals surface area contributed by atoms with Crippen molar-refractivity contribution in [3.63, 3.8) is 0 Å². The van der Waals surface area contributed by atoms with Crippen LogP contribution in [0, 0.1) is 19.8 Å². The number of nitrogens with zero attached hydrogens (tertiary/aromatic N) is 1. The average Bonchev–Trinajstić information content (AvgIpc) is 2.63. The van der Waals surface area contributed by atoms with Gasteiger partial charge in [-0.05, 0) is 60.2 Å². The Hall–Kier alpha value is -2.33. The first-order valence-electron chi connectivity index (χ1n) is 8.45. The molecule has 3 aromatic rings. The number of carbonyl (C=O) groups excluding carboxylic acids is 1. The highest BCUT2D eigenvalue weighted by atomic mass is 79.9. The average molecular weight is 412 g/mol. The lowest BCUT2D eigenvalue weighted by atomic mass is 9.89. The van der Waals surface area contributed by atoms with Gasteiger partial charge in [0.2, 0.25) is 5.95 Å². The van der Waals surface area contributed by atoms with Gasteiger partial charge < -0.3 is 0 Å². The molecule has 0 saturated carbocycles. The third kappa shape index (κ3) is 4.07. The molecule has 0 aliphatic rings. The maximum absolute atomic E-state index is 13.7. The predicted molar refractivity (Wildman–Crippen MR) is 106 cm³/mol. The highest BCUT2D eigenvalue weighted by Crippen LogP contribution is 2.31. The Balaban J connectivity index is 1.92. The Morgan fingerprint density at radius 1 is 1.08 bits per heavy atom. The summed E-state index contributed by atoms with van der Waals surface area (Å²) < 4.78 is 14.7. The number of hydrogen-bond acceptors (Lipinski definition) is 2. The summed E-state index contributed by atoms with van der Waals surface area (Å²) in [5.41, 5.74) is 5.07. The summed E-state index contributed by atoms with van der Waals surface area (Å²) in [6, 6.07) is 15.0. The lowest BCUT2D eigenvalue weighted by Gasteiger charge is -2.14. The normalized spacial score (nSPS) is 10.8. The van der Waals surface area contributed by atoms with Gasteiger partial charge in [-0.25, -0.2) is 4.98 Å². The summed E-state index contributed by atoms with van der Waals surface area (Å²) in [6.07, 6.45) is 2.58. The van der Waals surface area contributed by atoms with E-state index in [1.54, 1.807) is 0 Å². The van der Waals surface area contributed by atoms with Crippen LogP contribution in [0.1, 0.15) is 33.5 Å². The largest absolute Gasteiger partial charge is 0.294 e. The Morgan fingerprint density at radius 2 is 1.81 bits per heavy atom. The molecule has 1 heterocycles. The second-order valence-corrected chi connectivity index (χ2v) is 7.28. The summed E-state index contributed by atoms with van der Waals surface area (Å²) in [5, 5.41) is 0. The summed E-state index contributed by atoms with van der Waals surface area (Å²) in [5.74, 6) is -0.481. The van der Waals surface area contributed by atoms with Crippen LogP contribution in [0.5, 0.6) is 0 Å². The summed E-state index contributed by atoms with van der Waals surface area (Å²) in [7, 11) is 0. The molecule has 0 bridgehead atoms. The Labute approximate surface area is 161 Å². The van der Waals surface area contributed by atoms with Crippen LogP contribution < -0.4 is 0 Å². The van der Waals surface area contributed by atoms with Crippen molar-refractivity contribution in [1.82, 2.24) is 4.98 Å². The van der Waals surface area contributed by atoms with Gasteiger partial charge in [-0.1, -0.05) is 46.3 Å². The zero-order chi connectivity index (χ0) is 18.7. The molecule has 132 valence electrons. The molecule has 1 aromatic heterocycles. The molecule has 0 N–H and O–H groups in total. The molecule has 0 aliphatic carbocycles. The highest BCUT2D eigenvalue weighted by Gasteiger charge is 2.17. The third-order valence-corrected chi connectivity index (χ3v) is 5.00. The molecular formula is C22H19BrFNO. The minimum absolute atomic E-state index is 0.0586. The van der Waals surface area contributed by atoms with Crippen molar-refractivity contribution in [2.45, 2.75) is 26.7 Å². The molecule has 0 atom stereocenters. The molecular weight excluding hydrogens is 393 g/mol. The van der Waals surface area contributed by atoms with Crippen LogP contribution in [0.15, 0.2) is 59.2 Å². The van der Waals surface area contributed by atoms with E-state index in [0.717, 1.165) is 32.3 Å². The van der Waals surface area contributed by atoms with Gasteiger partial charge in [0.1, 0.15) is 0 Å². The zero-order valence-electron chi connectivity index (χ0n) is 14.7. The van der Waals surface area contributed by atoms with Crippen molar-refractivity contribution < 1.29 is 9.18 Å². The van der Waals surface area contributed by atoms with Gasteiger partial charge in [0.25, 0.3) is 0 Å². The molecule has 0 aliphatic heterocycles. The maximum Gasteiger partial charge on any atom is 0.213 e. The van der Waals surface area contributed by atoms with Crippen LogP contribution in [0.2, 0.25) is 0 Å². The van der Waals surface area contributed by atoms with E-state index in [0.29, 0.717) is 18.4 Å². The fourth-order valence-electron chi connectivity index (χ4n) is 3.07. The van der Waals surface area contributed by atoms with Crippen LogP contribution in [0.3, 0.4) is 0 Å². The molecule has 26 heavy (non-hydrogen) atoms. The van der Waals surface area contributed by atoms with Gasteiger partial charge in [0.05, 0.1) is 0 Å². The topological polar surface area (TPSA) is 30.0 Å². The molecule has 3 rings (SSSR count). The van der Waals surface area contributed by atoms with Crippen molar-refractivity contribution in [2.24, 2.45) is 0 Å². The van der Waals surface area contributed by atoms with E-state index in [4.69, 9.17) is 0 Å². The molecule has 4 heteroatoms. The van der Waals surface area contributed by atoms with E-state index in [2.05, 4.69) is 20.9 Å². The SMILES string of the molecule is Cc1cnc(F)cc1-c1c(C)cccc1C(=O)CCc1ccc(Br)cc1. The highest BCUT2D eigenvalue weighted by molar-refractivity contribution is 9.10. The van der Waals surface area contributed by atoms with E-state index in [-0.39, 0.29) is 5.78 Å². The van der Waals surface area contributed by atoms with Crippen LogP contribution >= 0.6 is 15.9 Å². The Kier molecular flexibility index (Phi) is 5.62. The van der Waals surface area contributed by atoms with Crippen LogP contribution in [-0.4, -0.2) is 10.8 Å². The van der Waals surface area contributed by atoms with Gasteiger partial charge in [-0.15, -0.1) is 0 Å². The fourth-order valence-corrected chi connectivity index (χ4v) is 3.33. The number of hydrogen-bond donors (Lipinski definition) is 0. The molecule has 0 radical (unpaired) electrons. The molecule has 2 nitrogen and oxygen atoms in total. The number of ketones is 1. The first-order valence-corrected chi connectivity index (χ1v) is 9.25. The maximum atomic E-state index is 13.7. The number of benzene rings is 2. The first-order chi connectivity index (χ1) is 12.5. The van der Waals surface area contributed by atoms with E-state index < -0.39 is 5.95 Å². The lowest BCUT2D eigenvalue weighted by molar-refractivity contribution is 0.0983.